The number of nitro benzene ring substituents is 1. The number of ketones is 1. The average Bonchev–Trinajstić information content (AvgIpc) is 2.91. The van der Waals surface area contributed by atoms with Gasteiger partial charge in [-0.25, -0.2) is 0 Å². The topological polar surface area (TPSA) is 78.0 Å². The van der Waals surface area contributed by atoms with Crippen LogP contribution >= 0.6 is 0 Å². The number of fused-ring (bicyclic) bond motifs is 1. The van der Waals surface area contributed by atoms with E-state index in [0.717, 1.165) is 10.9 Å². The number of hydrogen-bond donors (Lipinski definition) is 0. The third kappa shape index (κ3) is 2.51. The molecule has 0 atom stereocenters. The molecule has 0 aliphatic carbocycles. The van der Waals surface area contributed by atoms with E-state index >= 15 is 0 Å². The Bertz CT molecular complexity index is 839. The van der Waals surface area contributed by atoms with Crippen molar-refractivity contribution < 1.29 is 9.72 Å². The van der Waals surface area contributed by atoms with Crippen LogP contribution in [0.1, 0.15) is 10.4 Å². The normalized spacial score (nSPS) is 10.7. The summed E-state index contributed by atoms with van der Waals surface area (Å²) in [5.74, 6) is -0.215. The lowest BCUT2D eigenvalue weighted by Gasteiger charge is -2.03. The summed E-state index contributed by atoms with van der Waals surface area (Å²) in [5.41, 5.74) is 1.08. The molecular formula is C15H11N3O3. The van der Waals surface area contributed by atoms with E-state index in [0.29, 0.717) is 5.56 Å². The van der Waals surface area contributed by atoms with Crippen molar-refractivity contribution in [1.29, 1.82) is 0 Å². The van der Waals surface area contributed by atoms with Gasteiger partial charge >= 0.3 is 0 Å². The molecule has 0 radical (unpaired) electrons. The first kappa shape index (κ1) is 13.0. The highest BCUT2D eigenvalue weighted by molar-refractivity contribution is 5.97. The highest BCUT2D eigenvalue weighted by atomic mass is 16.6. The number of benzene rings is 2. The van der Waals surface area contributed by atoms with Crippen molar-refractivity contribution >= 4 is 22.4 Å². The molecule has 0 amide bonds. The zero-order valence-corrected chi connectivity index (χ0v) is 11.0. The van der Waals surface area contributed by atoms with Crippen LogP contribution in [0.25, 0.3) is 10.9 Å². The molecule has 0 saturated carbocycles. The molecule has 21 heavy (non-hydrogen) atoms. The Balaban J connectivity index is 1.89. The fourth-order valence-corrected chi connectivity index (χ4v) is 2.17. The molecule has 6 heteroatoms. The predicted octanol–water partition coefficient (Wildman–Crippen LogP) is 2.83. The van der Waals surface area contributed by atoms with Crippen LogP contribution in [-0.4, -0.2) is 20.5 Å². The van der Waals surface area contributed by atoms with Crippen molar-refractivity contribution in [1.82, 2.24) is 9.78 Å². The second kappa shape index (κ2) is 5.16. The molecular weight excluding hydrogens is 270 g/mol. The first-order chi connectivity index (χ1) is 10.1. The van der Waals surface area contributed by atoms with Gasteiger partial charge in [0.15, 0.2) is 5.78 Å². The summed E-state index contributed by atoms with van der Waals surface area (Å²) < 4.78 is 1.59. The molecule has 0 spiro atoms. The zero-order chi connectivity index (χ0) is 14.8. The SMILES string of the molecule is O=C(Cn1ncc2ccccc21)c1cccc([N+](=O)[O-])c1. The third-order valence-corrected chi connectivity index (χ3v) is 3.22. The van der Waals surface area contributed by atoms with Crippen LogP contribution in [0.3, 0.4) is 0 Å². The number of aromatic nitrogens is 2. The fourth-order valence-electron chi connectivity index (χ4n) is 2.17. The van der Waals surface area contributed by atoms with Gasteiger partial charge in [-0.3, -0.25) is 19.6 Å². The molecule has 0 unspecified atom stereocenters. The van der Waals surface area contributed by atoms with E-state index in [1.165, 1.54) is 18.2 Å². The maximum absolute atomic E-state index is 12.2. The van der Waals surface area contributed by atoms with Crippen LogP contribution in [0.4, 0.5) is 5.69 Å². The minimum atomic E-state index is -0.514. The van der Waals surface area contributed by atoms with Crippen LogP contribution in [0.15, 0.2) is 54.7 Å². The second-order valence-electron chi connectivity index (χ2n) is 4.59. The molecule has 0 saturated heterocycles. The Morgan fingerprint density at radius 3 is 2.81 bits per heavy atom. The summed E-state index contributed by atoms with van der Waals surface area (Å²) in [6, 6.07) is 13.3. The zero-order valence-electron chi connectivity index (χ0n) is 11.0. The van der Waals surface area contributed by atoms with E-state index in [1.807, 2.05) is 24.3 Å². The molecule has 3 rings (SSSR count). The van der Waals surface area contributed by atoms with Crippen molar-refractivity contribution in [3.8, 4) is 0 Å². The van der Waals surface area contributed by atoms with E-state index in [-0.39, 0.29) is 18.0 Å². The van der Waals surface area contributed by atoms with Crippen molar-refractivity contribution in [2.45, 2.75) is 6.54 Å². The molecule has 6 nitrogen and oxygen atoms in total. The number of hydrogen-bond acceptors (Lipinski definition) is 4. The summed E-state index contributed by atoms with van der Waals surface area (Å²) in [7, 11) is 0. The van der Waals surface area contributed by atoms with Gasteiger partial charge in [0.2, 0.25) is 0 Å². The van der Waals surface area contributed by atoms with E-state index in [9.17, 15) is 14.9 Å². The number of nitrogens with zero attached hydrogens (tertiary/aromatic N) is 3. The quantitative estimate of drug-likeness (QED) is 0.418. The van der Waals surface area contributed by atoms with Crippen LogP contribution in [0.2, 0.25) is 0 Å². The van der Waals surface area contributed by atoms with E-state index in [1.54, 1.807) is 16.9 Å². The maximum atomic E-state index is 12.2. The Morgan fingerprint density at radius 1 is 1.19 bits per heavy atom. The van der Waals surface area contributed by atoms with Gasteiger partial charge in [0.1, 0.15) is 6.54 Å². The molecule has 0 fully saturated rings. The van der Waals surface area contributed by atoms with E-state index in [4.69, 9.17) is 0 Å². The van der Waals surface area contributed by atoms with Gasteiger partial charge in [-0.1, -0.05) is 30.3 Å². The summed E-state index contributed by atoms with van der Waals surface area (Å²) >= 11 is 0. The Labute approximate surface area is 119 Å². The number of non-ortho nitro benzene ring substituents is 1. The molecule has 0 N–H and O–H groups in total. The Hall–Kier alpha value is -3.02. The van der Waals surface area contributed by atoms with Crippen molar-refractivity contribution in [3.05, 3.63) is 70.4 Å². The smallest absolute Gasteiger partial charge is 0.270 e. The lowest BCUT2D eigenvalue weighted by Crippen LogP contribution is -2.11. The van der Waals surface area contributed by atoms with Gasteiger partial charge in [-0.2, -0.15) is 5.10 Å². The standard InChI is InChI=1S/C15H11N3O3/c19-15(11-5-3-6-13(8-11)18(20)21)10-17-14-7-2-1-4-12(14)9-16-17/h1-9H,10H2. The van der Waals surface area contributed by atoms with Crippen LogP contribution in [-0.2, 0) is 6.54 Å². The van der Waals surface area contributed by atoms with Crippen LogP contribution in [0.5, 0.6) is 0 Å². The molecule has 2 aromatic carbocycles. The van der Waals surface area contributed by atoms with Gasteiger partial charge in [0, 0.05) is 23.1 Å². The number of carbonyl (C=O) groups excluding carboxylic acids is 1. The van der Waals surface area contributed by atoms with Crippen LogP contribution in [0, 0.1) is 10.1 Å². The first-order valence-corrected chi connectivity index (χ1v) is 6.33. The monoisotopic (exact) mass is 281 g/mol. The summed E-state index contributed by atoms with van der Waals surface area (Å²) in [6.45, 7) is 0.0503. The molecule has 104 valence electrons. The van der Waals surface area contributed by atoms with Crippen molar-refractivity contribution in [3.63, 3.8) is 0 Å². The Kier molecular flexibility index (Phi) is 3.19. The van der Waals surface area contributed by atoms with Crippen molar-refractivity contribution in [2.75, 3.05) is 0 Å². The second-order valence-corrected chi connectivity index (χ2v) is 4.59. The van der Waals surface area contributed by atoms with E-state index in [2.05, 4.69) is 5.10 Å². The number of Topliss-reactive ketones (excluding diaryl/α,β-unsaturated/α-hetero) is 1. The molecule has 0 aliphatic rings. The maximum Gasteiger partial charge on any atom is 0.270 e. The molecule has 1 heterocycles. The molecule has 1 aromatic heterocycles. The van der Waals surface area contributed by atoms with Gasteiger partial charge in [-0.05, 0) is 6.07 Å². The molecule has 3 aromatic rings. The number of carbonyl (C=O) groups is 1. The number of nitro groups is 1. The van der Waals surface area contributed by atoms with Gasteiger partial charge < -0.3 is 0 Å². The number of para-hydroxylation sites is 1. The first-order valence-electron chi connectivity index (χ1n) is 6.33. The lowest BCUT2D eigenvalue weighted by molar-refractivity contribution is -0.384. The Morgan fingerprint density at radius 2 is 2.00 bits per heavy atom. The van der Waals surface area contributed by atoms with Gasteiger partial charge in [-0.15, -0.1) is 0 Å². The fraction of sp³-hybridized carbons (Fsp3) is 0.0667. The molecule has 0 bridgehead atoms. The van der Waals surface area contributed by atoms with Gasteiger partial charge in [0.05, 0.1) is 16.6 Å². The number of rotatable bonds is 4. The minimum Gasteiger partial charge on any atom is -0.292 e. The van der Waals surface area contributed by atoms with Crippen molar-refractivity contribution in [2.24, 2.45) is 0 Å². The lowest BCUT2D eigenvalue weighted by atomic mass is 10.1. The highest BCUT2D eigenvalue weighted by Gasteiger charge is 2.13. The summed E-state index contributed by atoms with van der Waals surface area (Å²) in [5, 5.41) is 15.9. The van der Waals surface area contributed by atoms with Gasteiger partial charge in [0.25, 0.3) is 5.69 Å². The summed E-state index contributed by atoms with van der Waals surface area (Å²) in [6.07, 6.45) is 1.69. The summed E-state index contributed by atoms with van der Waals surface area (Å²) in [4.78, 5) is 22.5. The third-order valence-electron chi connectivity index (χ3n) is 3.22. The minimum absolute atomic E-state index is 0.0503. The predicted molar refractivity (Wildman–Crippen MR) is 77.2 cm³/mol. The molecule has 0 aliphatic heterocycles. The highest BCUT2D eigenvalue weighted by Crippen LogP contribution is 2.16. The van der Waals surface area contributed by atoms with E-state index < -0.39 is 4.92 Å². The average molecular weight is 281 g/mol. The van der Waals surface area contributed by atoms with Crippen LogP contribution < -0.4 is 0 Å². The largest absolute Gasteiger partial charge is 0.292 e.